The highest BCUT2D eigenvalue weighted by molar-refractivity contribution is 5.95. The van der Waals surface area contributed by atoms with Crippen molar-refractivity contribution in [3.63, 3.8) is 0 Å². The number of hydrogen-bond donors (Lipinski definition) is 2. The minimum absolute atomic E-state index is 0.0671. The maximum atomic E-state index is 13.3. The van der Waals surface area contributed by atoms with Crippen LogP contribution in [0.3, 0.4) is 0 Å². The van der Waals surface area contributed by atoms with Crippen LogP contribution in [0.15, 0.2) is 35.5 Å². The van der Waals surface area contributed by atoms with Gasteiger partial charge in [0.1, 0.15) is 0 Å². The van der Waals surface area contributed by atoms with Crippen molar-refractivity contribution in [1.82, 2.24) is 25.3 Å². The van der Waals surface area contributed by atoms with Crippen LogP contribution >= 0.6 is 0 Å². The molecule has 2 aliphatic rings. The first-order chi connectivity index (χ1) is 17.0. The molecule has 1 aromatic rings. The normalized spacial score (nSPS) is 19.6. The lowest BCUT2D eigenvalue weighted by Crippen LogP contribution is -2.51. The Balaban J connectivity index is 1.92. The highest BCUT2D eigenvalue weighted by Gasteiger charge is 2.38. The molecule has 1 aromatic carbocycles. The van der Waals surface area contributed by atoms with Gasteiger partial charge in [0.05, 0.1) is 18.2 Å². The molecule has 2 N–H and O–H groups in total. The van der Waals surface area contributed by atoms with Crippen LogP contribution in [0.25, 0.3) is 0 Å². The van der Waals surface area contributed by atoms with Crippen molar-refractivity contribution in [2.75, 3.05) is 45.9 Å². The number of carbonyl (C=O) groups excluding carboxylic acids is 3. The molecule has 2 heterocycles. The van der Waals surface area contributed by atoms with Crippen LogP contribution in [0.1, 0.15) is 58.2 Å². The zero-order chi connectivity index (χ0) is 26.5. The minimum atomic E-state index is -0.588. The van der Waals surface area contributed by atoms with Crippen LogP contribution in [-0.4, -0.2) is 84.1 Å². The number of likely N-dealkylation sites (N-methyl/N-ethyl adjacent to an activating group) is 1. The van der Waals surface area contributed by atoms with Gasteiger partial charge in [0.15, 0.2) is 0 Å². The van der Waals surface area contributed by atoms with Crippen LogP contribution in [0, 0.1) is 6.92 Å². The van der Waals surface area contributed by atoms with Gasteiger partial charge in [-0.3, -0.25) is 9.80 Å². The summed E-state index contributed by atoms with van der Waals surface area (Å²) in [5, 5.41) is 6.06. The summed E-state index contributed by atoms with van der Waals surface area (Å²) in [5.74, 6) is -0.418. The predicted octanol–water partition coefficient (Wildman–Crippen LogP) is 3.41. The highest BCUT2D eigenvalue weighted by atomic mass is 16.5. The molecule has 0 radical (unpaired) electrons. The second-order valence-electron chi connectivity index (χ2n) is 10.4. The molecule has 1 fully saturated rings. The number of aryl methyl sites for hydroxylation is 1. The average molecular weight is 500 g/mol. The Morgan fingerprint density at radius 1 is 1.14 bits per heavy atom. The van der Waals surface area contributed by atoms with Crippen LogP contribution < -0.4 is 10.6 Å². The quantitative estimate of drug-likeness (QED) is 0.585. The summed E-state index contributed by atoms with van der Waals surface area (Å²) in [7, 11) is 0. The second-order valence-corrected chi connectivity index (χ2v) is 10.4. The van der Waals surface area contributed by atoms with Gasteiger partial charge in [0, 0.05) is 50.5 Å². The summed E-state index contributed by atoms with van der Waals surface area (Å²) in [6.07, 6.45) is 0.805. The van der Waals surface area contributed by atoms with Crippen molar-refractivity contribution >= 4 is 18.0 Å². The van der Waals surface area contributed by atoms with E-state index in [4.69, 9.17) is 4.74 Å². The number of urea groups is 2. The number of esters is 1. The number of amides is 4. The molecule has 3 rings (SSSR count). The molecule has 1 atom stereocenters. The smallest absolute Gasteiger partial charge is 0.338 e. The summed E-state index contributed by atoms with van der Waals surface area (Å²) < 4.78 is 5.48. The highest BCUT2D eigenvalue weighted by Crippen LogP contribution is 2.32. The number of benzene rings is 1. The zero-order valence-electron chi connectivity index (χ0n) is 22.5. The molecule has 0 spiro atoms. The Hall–Kier alpha value is -3.07. The van der Waals surface area contributed by atoms with E-state index >= 15 is 0 Å². The van der Waals surface area contributed by atoms with Gasteiger partial charge >= 0.3 is 18.0 Å². The van der Waals surface area contributed by atoms with E-state index in [0.717, 1.165) is 24.1 Å². The summed E-state index contributed by atoms with van der Waals surface area (Å²) in [5.41, 5.74) is 2.73. The Bertz CT molecular complexity index is 1000. The number of nitrogens with one attached hydrogen (secondary N) is 2. The fourth-order valence-corrected chi connectivity index (χ4v) is 4.70. The first-order valence-corrected chi connectivity index (χ1v) is 12.9. The molecule has 2 aliphatic heterocycles. The number of nitrogens with zero attached hydrogens (tertiary/aromatic N) is 3. The average Bonchev–Trinajstić information content (AvgIpc) is 3.03. The van der Waals surface area contributed by atoms with Gasteiger partial charge in [-0.2, -0.15) is 0 Å². The van der Waals surface area contributed by atoms with Crippen molar-refractivity contribution in [2.45, 2.75) is 59.5 Å². The molecule has 0 aromatic heterocycles. The van der Waals surface area contributed by atoms with Crippen molar-refractivity contribution in [2.24, 2.45) is 0 Å². The lowest BCUT2D eigenvalue weighted by atomic mass is 9.93. The Morgan fingerprint density at radius 3 is 2.53 bits per heavy atom. The van der Waals surface area contributed by atoms with Crippen LogP contribution in [0.4, 0.5) is 9.59 Å². The topological polar surface area (TPSA) is 94.2 Å². The minimum Gasteiger partial charge on any atom is -0.463 e. The summed E-state index contributed by atoms with van der Waals surface area (Å²) in [4.78, 5) is 44.9. The molecule has 0 saturated carbocycles. The predicted molar refractivity (Wildman–Crippen MR) is 139 cm³/mol. The lowest BCUT2D eigenvalue weighted by Gasteiger charge is -2.38. The van der Waals surface area contributed by atoms with Gasteiger partial charge in [-0.15, -0.1) is 0 Å². The van der Waals surface area contributed by atoms with Crippen LogP contribution in [0.2, 0.25) is 0 Å². The molecule has 0 aliphatic carbocycles. The van der Waals surface area contributed by atoms with Gasteiger partial charge < -0.3 is 20.3 Å². The molecule has 0 unspecified atom stereocenters. The molecule has 198 valence electrons. The standard InChI is InChI=1S/C27H41N5O4/c1-7-32-21(18-30-13-10-14-31(16-15-30)26(35)29-27(4,5)6)22(24(33)36-8-2)23(28-25(32)34)20-12-9-11-19(3)17-20/h9,11-12,17,23H,7-8,10,13-16,18H2,1-6H3,(H,28,34)(H,29,35)/t23-/m1/s1. The van der Waals surface area contributed by atoms with Gasteiger partial charge in [-0.1, -0.05) is 29.8 Å². The lowest BCUT2D eigenvalue weighted by molar-refractivity contribution is -0.139. The molecule has 9 nitrogen and oxygen atoms in total. The third-order valence-corrected chi connectivity index (χ3v) is 6.36. The molecular formula is C27H41N5O4. The monoisotopic (exact) mass is 499 g/mol. The van der Waals surface area contributed by atoms with Crippen LogP contribution in [-0.2, 0) is 9.53 Å². The summed E-state index contributed by atoms with van der Waals surface area (Å²) >= 11 is 0. The third-order valence-electron chi connectivity index (χ3n) is 6.36. The second kappa shape index (κ2) is 11.8. The van der Waals surface area contributed by atoms with Gasteiger partial charge in [-0.05, 0) is 53.5 Å². The van der Waals surface area contributed by atoms with Crippen molar-refractivity contribution < 1.29 is 19.1 Å². The molecular weight excluding hydrogens is 458 g/mol. The van der Waals surface area contributed by atoms with Crippen molar-refractivity contribution in [3.8, 4) is 0 Å². The summed E-state index contributed by atoms with van der Waals surface area (Å²) in [6.45, 7) is 15.3. The largest absolute Gasteiger partial charge is 0.463 e. The fraction of sp³-hybridized carbons (Fsp3) is 0.593. The van der Waals surface area contributed by atoms with E-state index in [1.165, 1.54) is 0 Å². The maximum Gasteiger partial charge on any atom is 0.338 e. The molecule has 4 amide bonds. The number of carbonyl (C=O) groups is 3. The van der Waals surface area contributed by atoms with E-state index in [2.05, 4.69) is 15.5 Å². The third kappa shape index (κ3) is 6.78. The fourth-order valence-electron chi connectivity index (χ4n) is 4.70. The zero-order valence-corrected chi connectivity index (χ0v) is 22.5. The maximum absolute atomic E-state index is 13.3. The Labute approximate surface area is 214 Å². The van der Waals surface area contributed by atoms with Gasteiger partial charge in [-0.25, -0.2) is 14.4 Å². The van der Waals surface area contributed by atoms with Gasteiger partial charge in [0.2, 0.25) is 0 Å². The first kappa shape index (κ1) is 27.5. The van der Waals surface area contributed by atoms with E-state index in [-0.39, 0.29) is 24.2 Å². The molecule has 36 heavy (non-hydrogen) atoms. The summed E-state index contributed by atoms with van der Waals surface area (Å²) in [6, 6.07) is 6.94. The van der Waals surface area contributed by atoms with Crippen LogP contribution in [0.5, 0.6) is 0 Å². The Kier molecular flexibility index (Phi) is 9.00. The number of rotatable bonds is 6. The van der Waals surface area contributed by atoms with Gasteiger partial charge in [0.25, 0.3) is 0 Å². The van der Waals surface area contributed by atoms with Crippen molar-refractivity contribution in [3.05, 3.63) is 46.7 Å². The Morgan fingerprint density at radius 2 is 1.89 bits per heavy atom. The van der Waals surface area contributed by atoms with E-state index < -0.39 is 12.0 Å². The SMILES string of the molecule is CCOC(=O)C1=C(CN2CCCN(C(=O)NC(C)(C)C)CC2)N(CC)C(=O)N[C@@H]1c1cccc(C)c1. The first-order valence-electron chi connectivity index (χ1n) is 12.9. The number of ether oxygens (including phenoxy) is 1. The molecule has 9 heteroatoms. The van der Waals surface area contributed by atoms with Crippen molar-refractivity contribution in [1.29, 1.82) is 0 Å². The van der Waals surface area contributed by atoms with E-state index in [1.807, 2.05) is 63.8 Å². The number of hydrogen-bond acceptors (Lipinski definition) is 5. The molecule has 0 bridgehead atoms. The van der Waals surface area contributed by atoms with E-state index in [1.54, 1.807) is 11.8 Å². The molecule has 1 saturated heterocycles. The van der Waals surface area contributed by atoms with E-state index in [9.17, 15) is 14.4 Å². The van der Waals surface area contributed by atoms with E-state index in [0.29, 0.717) is 44.0 Å².